The van der Waals surface area contributed by atoms with Crippen LogP contribution in [0.15, 0.2) is 59.1 Å². The van der Waals surface area contributed by atoms with Crippen LogP contribution in [0.2, 0.25) is 5.02 Å². The van der Waals surface area contributed by atoms with Crippen molar-refractivity contribution in [2.75, 3.05) is 12.8 Å². The summed E-state index contributed by atoms with van der Waals surface area (Å²) in [5.74, 6) is 2.64. The Morgan fingerprint density at radius 1 is 1.15 bits per heavy atom. The summed E-state index contributed by atoms with van der Waals surface area (Å²) in [6, 6.07) is 17.4. The molecule has 27 heavy (non-hydrogen) atoms. The number of halogens is 1. The Kier molecular flexibility index (Phi) is 6.90. The van der Waals surface area contributed by atoms with E-state index in [1.807, 2.05) is 30.3 Å². The molecule has 1 amide bonds. The first-order valence-corrected chi connectivity index (χ1v) is 10.1. The summed E-state index contributed by atoms with van der Waals surface area (Å²) in [5.41, 5.74) is 2.09. The van der Waals surface area contributed by atoms with Gasteiger partial charge >= 0.3 is 0 Å². The highest BCUT2D eigenvalue weighted by Crippen LogP contribution is 2.19. The van der Waals surface area contributed by atoms with Gasteiger partial charge in [0.15, 0.2) is 0 Å². The van der Waals surface area contributed by atoms with E-state index < -0.39 is 0 Å². The van der Waals surface area contributed by atoms with E-state index in [1.54, 1.807) is 35.8 Å². The third-order valence-electron chi connectivity index (χ3n) is 3.94. The maximum absolute atomic E-state index is 12.3. The fraction of sp³-hybridized carbons (Fsp3) is 0.250. The number of carbonyl (C=O) groups is 1. The predicted octanol–water partition coefficient (Wildman–Crippen LogP) is 4.67. The Hall–Kier alpha value is -2.31. The van der Waals surface area contributed by atoms with Gasteiger partial charge in [-0.2, -0.15) is 16.7 Å². The highest BCUT2D eigenvalue weighted by atomic mass is 35.5. The molecule has 5 nitrogen and oxygen atoms in total. The molecular weight excluding hydrogens is 382 g/mol. The average molecular weight is 402 g/mol. The van der Waals surface area contributed by atoms with Gasteiger partial charge in [-0.15, -0.1) is 0 Å². The van der Waals surface area contributed by atoms with Crippen molar-refractivity contribution in [3.8, 4) is 11.4 Å². The summed E-state index contributed by atoms with van der Waals surface area (Å²) in [6.07, 6.45) is 0.478. The van der Waals surface area contributed by atoms with Gasteiger partial charge in [0.2, 0.25) is 17.6 Å². The van der Waals surface area contributed by atoms with E-state index in [-0.39, 0.29) is 5.91 Å². The van der Waals surface area contributed by atoms with Gasteiger partial charge in [-0.05, 0) is 29.8 Å². The van der Waals surface area contributed by atoms with Crippen molar-refractivity contribution in [1.82, 2.24) is 15.0 Å². The van der Waals surface area contributed by atoms with E-state index in [4.69, 9.17) is 16.1 Å². The number of nitrogens with zero attached hydrogens (tertiary/aromatic N) is 3. The number of rotatable bonds is 8. The summed E-state index contributed by atoms with van der Waals surface area (Å²) in [5, 5.41) is 4.62. The lowest BCUT2D eigenvalue weighted by molar-refractivity contribution is -0.130. The number of carbonyl (C=O) groups excluding carboxylic acids is 1. The van der Waals surface area contributed by atoms with E-state index >= 15 is 0 Å². The van der Waals surface area contributed by atoms with Crippen molar-refractivity contribution in [2.45, 2.75) is 18.7 Å². The maximum atomic E-state index is 12.3. The highest BCUT2D eigenvalue weighted by molar-refractivity contribution is 7.98. The standard InChI is InChI=1S/C20H20ClN3O2S/c1-24(19(25)11-12-27-14-15-5-3-2-4-6-15)13-18-22-20(23-26-18)16-7-9-17(21)10-8-16/h2-10H,11-14H2,1H3. The van der Waals surface area contributed by atoms with Crippen LogP contribution in [0.3, 0.4) is 0 Å². The Balaban J connectivity index is 1.45. The van der Waals surface area contributed by atoms with E-state index in [2.05, 4.69) is 22.3 Å². The van der Waals surface area contributed by atoms with Gasteiger partial charge in [-0.25, -0.2) is 0 Å². The van der Waals surface area contributed by atoms with Gasteiger partial charge in [-0.1, -0.05) is 47.1 Å². The fourth-order valence-electron chi connectivity index (χ4n) is 2.44. The predicted molar refractivity (Wildman–Crippen MR) is 108 cm³/mol. The zero-order valence-corrected chi connectivity index (χ0v) is 16.5. The summed E-state index contributed by atoms with van der Waals surface area (Å²) < 4.78 is 5.26. The Morgan fingerprint density at radius 2 is 1.89 bits per heavy atom. The normalized spacial score (nSPS) is 10.7. The molecule has 0 saturated heterocycles. The van der Waals surface area contributed by atoms with E-state index in [0.29, 0.717) is 29.7 Å². The first kappa shape index (κ1) is 19.5. The second-order valence-electron chi connectivity index (χ2n) is 6.06. The van der Waals surface area contributed by atoms with Crippen molar-refractivity contribution in [3.63, 3.8) is 0 Å². The van der Waals surface area contributed by atoms with E-state index in [1.165, 1.54) is 5.56 Å². The quantitative estimate of drug-likeness (QED) is 0.513. The molecule has 0 aliphatic rings. The lowest BCUT2D eigenvalue weighted by Crippen LogP contribution is -2.26. The summed E-state index contributed by atoms with van der Waals surface area (Å²) in [6.45, 7) is 0.294. The van der Waals surface area contributed by atoms with E-state index in [9.17, 15) is 4.79 Å². The van der Waals surface area contributed by atoms with Crippen molar-refractivity contribution in [3.05, 3.63) is 71.1 Å². The molecule has 2 aromatic carbocycles. The second-order valence-corrected chi connectivity index (χ2v) is 7.60. The van der Waals surface area contributed by atoms with Gasteiger partial charge in [0.25, 0.3) is 0 Å². The van der Waals surface area contributed by atoms with Gasteiger partial charge in [0.05, 0.1) is 6.54 Å². The minimum Gasteiger partial charge on any atom is -0.337 e. The third-order valence-corrected chi connectivity index (χ3v) is 5.22. The Bertz CT molecular complexity index is 868. The van der Waals surface area contributed by atoms with Crippen LogP contribution in [0.1, 0.15) is 17.9 Å². The zero-order chi connectivity index (χ0) is 19.1. The number of thioether (sulfide) groups is 1. The molecule has 0 bridgehead atoms. The number of hydrogen-bond acceptors (Lipinski definition) is 5. The smallest absolute Gasteiger partial charge is 0.246 e. The fourth-order valence-corrected chi connectivity index (χ4v) is 3.46. The number of amides is 1. The number of aromatic nitrogens is 2. The summed E-state index contributed by atoms with van der Waals surface area (Å²) >= 11 is 7.64. The van der Waals surface area contributed by atoms with Gasteiger partial charge in [-0.3, -0.25) is 4.79 Å². The first-order chi connectivity index (χ1) is 13.1. The van der Waals surface area contributed by atoms with Crippen LogP contribution in [-0.4, -0.2) is 33.7 Å². The average Bonchev–Trinajstić information content (AvgIpc) is 3.15. The van der Waals surface area contributed by atoms with Gasteiger partial charge < -0.3 is 9.42 Å². The van der Waals surface area contributed by atoms with Gasteiger partial charge in [0, 0.05) is 35.6 Å². The van der Waals surface area contributed by atoms with Crippen LogP contribution in [0.25, 0.3) is 11.4 Å². The van der Waals surface area contributed by atoms with Crippen LogP contribution in [-0.2, 0) is 17.1 Å². The minimum atomic E-state index is 0.0572. The van der Waals surface area contributed by atoms with E-state index in [0.717, 1.165) is 17.1 Å². The monoisotopic (exact) mass is 401 g/mol. The molecule has 0 radical (unpaired) electrons. The third kappa shape index (κ3) is 5.84. The Morgan fingerprint density at radius 3 is 2.63 bits per heavy atom. The zero-order valence-electron chi connectivity index (χ0n) is 15.0. The highest BCUT2D eigenvalue weighted by Gasteiger charge is 2.14. The molecule has 0 aliphatic carbocycles. The molecular formula is C20H20ClN3O2S. The van der Waals surface area contributed by atoms with Crippen LogP contribution in [0, 0.1) is 0 Å². The molecule has 0 atom stereocenters. The molecule has 3 aromatic rings. The van der Waals surface area contributed by atoms with Crippen LogP contribution in [0.4, 0.5) is 0 Å². The Labute approximate surface area is 167 Å². The van der Waals surface area contributed by atoms with Crippen LogP contribution in [0.5, 0.6) is 0 Å². The first-order valence-electron chi connectivity index (χ1n) is 8.56. The largest absolute Gasteiger partial charge is 0.337 e. The maximum Gasteiger partial charge on any atom is 0.246 e. The molecule has 0 N–H and O–H groups in total. The topological polar surface area (TPSA) is 59.2 Å². The molecule has 0 saturated carbocycles. The van der Waals surface area contributed by atoms with Gasteiger partial charge in [0.1, 0.15) is 0 Å². The molecule has 3 rings (SSSR count). The van der Waals surface area contributed by atoms with Crippen molar-refractivity contribution in [2.24, 2.45) is 0 Å². The molecule has 1 heterocycles. The van der Waals surface area contributed by atoms with Crippen molar-refractivity contribution < 1.29 is 9.32 Å². The minimum absolute atomic E-state index is 0.0572. The van der Waals surface area contributed by atoms with Crippen LogP contribution < -0.4 is 0 Å². The van der Waals surface area contributed by atoms with Crippen LogP contribution >= 0.6 is 23.4 Å². The SMILES string of the molecule is CN(Cc1nc(-c2ccc(Cl)cc2)no1)C(=O)CCSCc1ccccc1. The molecule has 0 fully saturated rings. The molecule has 0 unspecified atom stereocenters. The lowest BCUT2D eigenvalue weighted by Gasteiger charge is -2.14. The molecule has 0 spiro atoms. The summed E-state index contributed by atoms with van der Waals surface area (Å²) in [7, 11) is 1.75. The lowest BCUT2D eigenvalue weighted by atomic mass is 10.2. The molecule has 140 valence electrons. The molecule has 1 aromatic heterocycles. The number of hydrogen-bond donors (Lipinski definition) is 0. The second kappa shape index (κ2) is 9.58. The molecule has 0 aliphatic heterocycles. The summed E-state index contributed by atoms with van der Waals surface area (Å²) in [4.78, 5) is 18.2. The number of benzene rings is 2. The molecule has 7 heteroatoms. The van der Waals surface area contributed by atoms with Crippen molar-refractivity contribution in [1.29, 1.82) is 0 Å². The van der Waals surface area contributed by atoms with Crippen molar-refractivity contribution >= 4 is 29.3 Å².